The Morgan fingerprint density at radius 3 is 2.82 bits per heavy atom. The number of ether oxygens (including phenoxy) is 1. The van der Waals surface area contributed by atoms with Crippen LogP contribution in [0.1, 0.15) is 36.2 Å². The third kappa shape index (κ3) is 3.42. The van der Waals surface area contributed by atoms with E-state index in [2.05, 4.69) is 11.9 Å². The maximum Gasteiger partial charge on any atom is 0.262 e. The predicted octanol–water partition coefficient (Wildman–Crippen LogP) is 3.39. The summed E-state index contributed by atoms with van der Waals surface area (Å²) < 4.78 is 6.65. The molecule has 6 nitrogen and oxygen atoms in total. The van der Waals surface area contributed by atoms with E-state index >= 15 is 0 Å². The van der Waals surface area contributed by atoms with Crippen molar-refractivity contribution in [2.24, 2.45) is 0 Å². The van der Waals surface area contributed by atoms with Crippen molar-refractivity contribution in [1.29, 1.82) is 0 Å². The summed E-state index contributed by atoms with van der Waals surface area (Å²) >= 11 is 1.53. The van der Waals surface area contributed by atoms with Gasteiger partial charge < -0.3 is 9.64 Å². The number of hydrogen-bond acceptors (Lipinski definition) is 5. The van der Waals surface area contributed by atoms with Crippen LogP contribution in [-0.2, 0) is 17.8 Å². The SMILES string of the molecule is CCc1cc2c(=O)n(CC(=O)N3CCC[C@@H]3c3ccc(OC)cc3)cnc2s1. The molecule has 1 aliphatic heterocycles. The molecular formula is C21H23N3O3S. The summed E-state index contributed by atoms with van der Waals surface area (Å²) in [5.41, 5.74) is 0.951. The number of thiophene rings is 1. The summed E-state index contributed by atoms with van der Waals surface area (Å²) in [6, 6.07) is 9.78. The molecule has 1 saturated heterocycles. The zero-order chi connectivity index (χ0) is 19.7. The lowest BCUT2D eigenvalue weighted by atomic mass is 10.0. The number of benzene rings is 1. The van der Waals surface area contributed by atoms with Gasteiger partial charge in [-0.05, 0) is 43.0 Å². The number of carbonyl (C=O) groups is 1. The number of methoxy groups -OCH3 is 1. The van der Waals surface area contributed by atoms with Crippen molar-refractivity contribution in [2.75, 3.05) is 13.7 Å². The Morgan fingerprint density at radius 1 is 1.32 bits per heavy atom. The first-order valence-electron chi connectivity index (χ1n) is 9.52. The van der Waals surface area contributed by atoms with Gasteiger partial charge in [0.15, 0.2) is 0 Å². The summed E-state index contributed by atoms with van der Waals surface area (Å²) in [4.78, 5) is 33.9. The normalized spacial score (nSPS) is 16.6. The minimum atomic E-state index is -0.144. The molecule has 0 saturated carbocycles. The highest BCUT2D eigenvalue weighted by molar-refractivity contribution is 7.18. The number of rotatable bonds is 5. The second-order valence-electron chi connectivity index (χ2n) is 6.98. The molecule has 3 heterocycles. The topological polar surface area (TPSA) is 64.4 Å². The summed E-state index contributed by atoms with van der Waals surface area (Å²) in [6.07, 6.45) is 4.25. The molecule has 0 spiro atoms. The van der Waals surface area contributed by atoms with Crippen LogP contribution in [0.15, 0.2) is 41.5 Å². The first kappa shape index (κ1) is 18.7. The Kier molecular flexibility index (Phi) is 5.17. The number of aromatic nitrogens is 2. The lowest BCUT2D eigenvalue weighted by Gasteiger charge is -2.25. The van der Waals surface area contributed by atoms with Crippen LogP contribution in [0.2, 0.25) is 0 Å². The highest BCUT2D eigenvalue weighted by Gasteiger charge is 2.30. The van der Waals surface area contributed by atoms with Crippen molar-refractivity contribution in [2.45, 2.75) is 38.8 Å². The molecule has 146 valence electrons. The standard InChI is InChI=1S/C21H23N3O3S/c1-3-16-11-17-20(28-16)22-13-23(21(17)26)12-19(25)24-10-4-5-18(24)14-6-8-15(27-2)9-7-14/h6-9,11,13,18H,3-5,10,12H2,1-2H3/t18-/m1/s1. The molecule has 4 rings (SSSR count). The van der Waals surface area contributed by atoms with Gasteiger partial charge in [0.05, 0.1) is 24.9 Å². The predicted molar refractivity (Wildman–Crippen MR) is 110 cm³/mol. The van der Waals surface area contributed by atoms with Crippen molar-refractivity contribution in [3.05, 3.63) is 57.5 Å². The van der Waals surface area contributed by atoms with Gasteiger partial charge in [-0.15, -0.1) is 11.3 Å². The average molecular weight is 398 g/mol. The minimum Gasteiger partial charge on any atom is -0.497 e. The second-order valence-corrected chi connectivity index (χ2v) is 8.10. The Morgan fingerprint density at radius 2 is 2.11 bits per heavy atom. The number of carbonyl (C=O) groups excluding carboxylic acids is 1. The van der Waals surface area contributed by atoms with Crippen LogP contribution >= 0.6 is 11.3 Å². The van der Waals surface area contributed by atoms with Crippen LogP contribution in [0.5, 0.6) is 5.75 Å². The van der Waals surface area contributed by atoms with Gasteiger partial charge >= 0.3 is 0 Å². The Balaban J connectivity index is 1.56. The molecule has 3 aromatic rings. The second kappa shape index (κ2) is 7.75. The van der Waals surface area contributed by atoms with Gasteiger partial charge in [-0.3, -0.25) is 14.2 Å². The van der Waals surface area contributed by atoms with E-state index in [9.17, 15) is 9.59 Å². The van der Waals surface area contributed by atoms with E-state index in [1.54, 1.807) is 7.11 Å². The van der Waals surface area contributed by atoms with E-state index in [-0.39, 0.29) is 24.1 Å². The number of amides is 1. The van der Waals surface area contributed by atoms with Crippen molar-refractivity contribution >= 4 is 27.5 Å². The average Bonchev–Trinajstić information content (AvgIpc) is 3.37. The molecule has 1 atom stereocenters. The monoisotopic (exact) mass is 397 g/mol. The van der Waals surface area contributed by atoms with Crippen LogP contribution in [0.4, 0.5) is 0 Å². The van der Waals surface area contributed by atoms with Crippen LogP contribution in [-0.4, -0.2) is 34.0 Å². The lowest BCUT2D eigenvalue weighted by Crippen LogP contribution is -2.36. The highest BCUT2D eigenvalue weighted by Crippen LogP contribution is 2.33. The molecule has 1 aliphatic rings. The minimum absolute atomic E-state index is 0.0196. The molecule has 0 radical (unpaired) electrons. The van der Waals surface area contributed by atoms with Crippen LogP contribution in [0.3, 0.4) is 0 Å². The summed E-state index contributed by atoms with van der Waals surface area (Å²) in [5, 5.41) is 0.602. The van der Waals surface area contributed by atoms with E-state index in [4.69, 9.17) is 4.74 Å². The van der Waals surface area contributed by atoms with E-state index in [0.29, 0.717) is 11.9 Å². The first-order valence-corrected chi connectivity index (χ1v) is 10.3. The Bertz CT molecular complexity index is 1050. The van der Waals surface area contributed by atoms with E-state index in [1.165, 1.54) is 22.2 Å². The fraction of sp³-hybridized carbons (Fsp3) is 0.381. The molecule has 28 heavy (non-hydrogen) atoms. The first-order chi connectivity index (χ1) is 13.6. The summed E-state index contributed by atoms with van der Waals surface area (Å²) in [7, 11) is 1.64. The van der Waals surface area contributed by atoms with Gasteiger partial charge in [-0.1, -0.05) is 19.1 Å². The van der Waals surface area contributed by atoms with Crippen molar-refractivity contribution in [3.8, 4) is 5.75 Å². The smallest absolute Gasteiger partial charge is 0.262 e. The third-order valence-corrected chi connectivity index (χ3v) is 6.48. The van der Waals surface area contributed by atoms with Gasteiger partial charge in [0.1, 0.15) is 17.1 Å². The van der Waals surface area contributed by atoms with E-state index in [0.717, 1.165) is 40.3 Å². The van der Waals surface area contributed by atoms with Gasteiger partial charge in [0.25, 0.3) is 5.56 Å². The Hall–Kier alpha value is -2.67. The molecule has 1 fully saturated rings. The third-order valence-electron chi connectivity index (χ3n) is 5.30. The molecule has 7 heteroatoms. The maximum atomic E-state index is 13.0. The van der Waals surface area contributed by atoms with Crippen LogP contribution < -0.4 is 10.3 Å². The zero-order valence-corrected chi connectivity index (χ0v) is 16.9. The molecule has 0 bridgehead atoms. The number of aryl methyl sites for hydroxylation is 1. The van der Waals surface area contributed by atoms with Crippen molar-refractivity contribution < 1.29 is 9.53 Å². The Labute approximate surface area is 167 Å². The molecule has 1 amide bonds. The van der Waals surface area contributed by atoms with Gasteiger partial charge in [-0.25, -0.2) is 4.98 Å². The maximum absolute atomic E-state index is 13.0. The van der Waals surface area contributed by atoms with Gasteiger partial charge in [0, 0.05) is 11.4 Å². The molecule has 1 aromatic carbocycles. The number of likely N-dealkylation sites (tertiary alicyclic amines) is 1. The molecule has 2 aromatic heterocycles. The largest absolute Gasteiger partial charge is 0.497 e. The molecule has 0 unspecified atom stereocenters. The van der Waals surface area contributed by atoms with E-state index < -0.39 is 0 Å². The fourth-order valence-electron chi connectivity index (χ4n) is 3.77. The van der Waals surface area contributed by atoms with Crippen LogP contribution in [0, 0.1) is 0 Å². The quantitative estimate of drug-likeness (QED) is 0.662. The summed E-state index contributed by atoms with van der Waals surface area (Å²) in [5.74, 6) is 0.750. The van der Waals surface area contributed by atoms with Crippen molar-refractivity contribution in [1.82, 2.24) is 14.5 Å². The fourth-order valence-corrected chi connectivity index (χ4v) is 4.70. The molecule has 0 N–H and O–H groups in total. The lowest BCUT2D eigenvalue weighted by molar-refractivity contribution is -0.132. The van der Waals surface area contributed by atoms with Crippen molar-refractivity contribution in [3.63, 3.8) is 0 Å². The van der Waals surface area contributed by atoms with Gasteiger partial charge in [-0.2, -0.15) is 0 Å². The summed E-state index contributed by atoms with van der Waals surface area (Å²) in [6.45, 7) is 2.78. The number of hydrogen-bond donors (Lipinski definition) is 0. The number of nitrogens with zero attached hydrogens (tertiary/aromatic N) is 3. The molecular weight excluding hydrogens is 374 g/mol. The zero-order valence-electron chi connectivity index (χ0n) is 16.1. The number of fused-ring (bicyclic) bond motifs is 1. The van der Waals surface area contributed by atoms with Crippen LogP contribution in [0.25, 0.3) is 10.2 Å². The molecule has 0 aliphatic carbocycles. The van der Waals surface area contributed by atoms with Gasteiger partial charge in [0.2, 0.25) is 5.91 Å². The van der Waals surface area contributed by atoms with E-state index in [1.807, 2.05) is 35.2 Å². The highest BCUT2D eigenvalue weighted by atomic mass is 32.1.